The number of aryl methyl sites for hydroxylation is 2. The Hall–Kier alpha value is -4.43. The monoisotopic (exact) mass is 722 g/mol. The van der Waals surface area contributed by atoms with Crippen LogP contribution in [0.3, 0.4) is 0 Å². The van der Waals surface area contributed by atoms with E-state index in [1.807, 2.05) is 24.8 Å². The van der Waals surface area contributed by atoms with E-state index >= 15 is 0 Å². The first-order valence-corrected chi connectivity index (χ1v) is 18.9. The number of rotatable bonds is 8. The molecule has 0 radical (unpaired) electrons. The highest BCUT2D eigenvalue weighted by molar-refractivity contribution is 7.90. The first-order valence-electron chi connectivity index (χ1n) is 15.9. The number of pyridine rings is 1. The van der Waals surface area contributed by atoms with Crippen molar-refractivity contribution < 1.29 is 35.9 Å². The second kappa shape index (κ2) is 14.6. The van der Waals surface area contributed by atoms with Gasteiger partial charge in [-0.25, -0.2) is 45.2 Å². The second-order valence-electron chi connectivity index (χ2n) is 12.5. The number of hydrogen-bond acceptors (Lipinski definition) is 12. The fourth-order valence-corrected chi connectivity index (χ4v) is 7.58. The maximum absolute atomic E-state index is 12.7. The number of carbonyl (C=O) groups is 2. The maximum Gasteiger partial charge on any atom is 0.333 e. The Bertz CT molecular complexity index is 1920. The molecular weight excluding hydrogens is 681 g/mol. The van der Waals surface area contributed by atoms with Crippen LogP contribution in [0.1, 0.15) is 63.3 Å². The van der Waals surface area contributed by atoms with Crippen molar-refractivity contribution in [2.45, 2.75) is 88.2 Å². The topological polar surface area (TPSA) is 244 Å². The highest BCUT2D eigenvalue weighted by atomic mass is 32.2. The van der Waals surface area contributed by atoms with E-state index in [9.17, 15) is 26.4 Å². The van der Waals surface area contributed by atoms with Crippen LogP contribution in [-0.2, 0) is 46.0 Å². The Morgan fingerprint density at radius 1 is 0.918 bits per heavy atom. The average molecular weight is 723 g/mol. The molecule has 6 rings (SSSR count). The number of ether oxygens (including phenoxy) is 2. The van der Waals surface area contributed by atoms with E-state index in [0.29, 0.717) is 38.5 Å². The molecular formula is C29H42N10O8S2. The third-order valence-corrected chi connectivity index (χ3v) is 10.5. The molecule has 6 N–H and O–H groups in total. The summed E-state index contributed by atoms with van der Waals surface area (Å²) in [5.41, 5.74) is 9.06. The predicted octanol–water partition coefficient (Wildman–Crippen LogP) is 1.43. The molecule has 3 aromatic rings. The van der Waals surface area contributed by atoms with E-state index in [1.54, 1.807) is 13.8 Å². The number of nitrogens with one attached hydrogen (secondary N) is 4. The van der Waals surface area contributed by atoms with Crippen LogP contribution in [0.25, 0.3) is 0 Å². The van der Waals surface area contributed by atoms with Crippen LogP contribution in [0.15, 0.2) is 28.4 Å². The van der Waals surface area contributed by atoms with E-state index in [1.165, 1.54) is 21.8 Å². The number of carbonyl (C=O) groups excluding carboxylic acids is 2. The summed E-state index contributed by atoms with van der Waals surface area (Å²) in [6, 6.07) is -1.79. The summed E-state index contributed by atoms with van der Waals surface area (Å²) in [5.74, 6) is 0.472. The number of nitrogens with zero attached hydrogens (tertiary/aromatic N) is 5. The summed E-state index contributed by atoms with van der Waals surface area (Å²) in [7, 11) is -8.14. The summed E-state index contributed by atoms with van der Waals surface area (Å²) >= 11 is 0. The van der Waals surface area contributed by atoms with Crippen LogP contribution in [0.5, 0.6) is 11.8 Å². The average Bonchev–Trinajstić information content (AvgIpc) is 3.78. The molecule has 20 heteroatoms. The minimum absolute atomic E-state index is 0.0881. The standard InChI is InChI=1S/C18H23N5O4S.C11H19N5O4S/c1-11(2)15-16(13-6-3-5-12(13)9-19-15)21-18(24)22-28(25,26)14-10-20-23-7-4-8-27-17(14)23;1-7(2)14-11(17)15-21(18,19)9-4-13-16-5-8(3-12)6-20-10(9)16/h9-11H,3-8H2,1-2H3,(H2,21,22,24);4,7-8H,3,5-6,12H2,1-2H3,(H2,14,15,17). The summed E-state index contributed by atoms with van der Waals surface area (Å²) in [5, 5.41) is 13.2. The summed E-state index contributed by atoms with van der Waals surface area (Å²) < 4.78 is 67.5. The minimum atomic E-state index is -4.12. The molecule has 0 saturated carbocycles. The number of urea groups is 2. The lowest BCUT2D eigenvalue weighted by Gasteiger charge is -2.23. The van der Waals surface area contributed by atoms with Crippen molar-refractivity contribution in [3.63, 3.8) is 0 Å². The van der Waals surface area contributed by atoms with Gasteiger partial charge in [0.05, 0.1) is 43.5 Å². The Balaban J connectivity index is 0.000000200. The SMILES string of the molecule is CC(C)NC(=O)NS(=O)(=O)c1cnn2c1OCC(CN)C2.CC(C)c1ncc2c(c1NC(=O)NS(=O)(=O)c1cnn3c1OCCC3)CCC2. The molecule has 0 aromatic carbocycles. The van der Waals surface area contributed by atoms with Crippen molar-refractivity contribution in [1.82, 2.24) is 39.3 Å². The normalized spacial score (nSPS) is 16.7. The molecule has 49 heavy (non-hydrogen) atoms. The number of nitrogens with two attached hydrogens (primary N) is 1. The molecule has 268 valence electrons. The van der Waals surface area contributed by atoms with Crippen molar-refractivity contribution in [1.29, 1.82) is 0 Å². The van der Waals surface area contributed by atoms with Gasteiger partial charge in [0.2, 0.25) is 11.8 Å². The van der Waals surface area contributed by atoms with Crippen LogP contribution in [0.2, 0.25) is 0 Å². The fourth-order valence-electron chi connectivity index (χ4n) is 5.61. The molecule has 5 heterocycles. The second-order valence-corrected chi connectivity index (χ2v) is 15.8. The summed E-state index contributed by atoms with van der Waals surface area (Å²) in [6.07, 6.45) is 7.73. The van der Waals surface area contributed by atoms with Gasteiger partial charge >= 0.3 is 12.1 Å². The lowest BCUT2D eigenvalue weighted by molar-refractivity contribution is 0.164. The van der Waals surface area contributed by atoms with Gasteiger partial charge in [0.15, 0.2) is 9.79 Å². The van der Waals surface area contributed by atoms with E-state index in [-0.39, 0.29) is 39.4 Å². The third-order valence-electron chi connectivity index (χ3n) is 7.91. The number of hydrogen-bond donors (Lipinski definition) is 5. The van der Waals surface area contributed by atoms with Crippen molar-refractivity contribution in [3.05, 3.63) is 35.4 Å². The third kappa shape index (κ3) is 8.07. The van der Waals surface area contributed by atoms with Gasteiger partial charge in [-0.15, -0.1) is 0 Å². The van der Waals surface area contributed by atoms with Gasteiger partial charge in [-0.1, -0.05) is 13.8 Å². The molecule has 1 unspecified atom stereocenters. The molecule has 3 aliphatic rings. The van der Waals surface area contributed by atoms with Gasteiger partial charge in [0, 0.05) is 37.7 Å². The molecule has 4 amide bonds. The molecule has 18 nitrogen and oxygen atoms in total. The summed E-state index contributed by atoms with van der Waals surface area (Å²) in [4.78, 5) is 28.3. The smallest absolute Gasteiger partial charge is 0.333 e. The van der Waals surface area contributed by atoms with Crippen molar-refractivity contribution >= 4 is 37.8 Å². The molecule has 1 atom stereocenters. The number of aromatic nitrogens is 5. The quantitative estimate of drug-likeness (QED) is 0.222. The highest BCUT2D eigenvalue weighted by Crippen LogP contribution is 2.34. The van der Waals surface area contributed by atoms with E-state index in [0.717, 1.165) is 42.5 Å². The largest absolute Gasteiger partial charge is 0.477 e. The Kier molecular flexibility index (Phi) is 10.7. The minimum Gasteiger partial charge on any atom is -0.477 e. The molecule has 0 saturated heterocycles. The van der Waals surface area contributed by atoms with E-state index < -0.39 is 32.1 Å². The first-order chi connectivity index (χ1) is 23.2. The zero-order chi connectivity index (χ0) is 35.5. The van der Waals surface area contributed by atoms with E-state index in [2.05, 4.69) is 30.5 Å². The van der Waals surface area contributed by atoms with Crippen LogP contribution < -0.4 is 35.3 Å². The Morgan fingerprint density at radius 3 is 2.22 bits per heavy atom. The van der Waals surface area contributed by atoms with Crippen LogP contribution in [0, 0.1) is 5.92 Å². The Labute approximate surface area is 284 Å². The summed E-state index contributed by atoms with van der Waals surface area (Å²) in [6.45, 7) is 9.66. The van der Waals surface area contributed by atoms with Gasteiger partial charge in [0.25, 0.3) is 20.0 Å². The zero-order valence-electron chi connectivity index (χ0n) is 27.7. The van der Waals surface area contributed by atoms with Crippen LogP contribution in [-0.4, -0.2) is 79.2 Å². The first kappa shape index (κ1) is 35.9. The Morgan fingerprint density at radius 2 is 1.57 bits per heavy atom. The number of sulfonamides is 2. The number of anilines is 1. The van der Waals surface area contributed by atoms with Gasteiger partial charge in [-0.3, -0.25) is 4.98 Å². The molecule has 3 aromatic heterocycles. The number of fused-ring (bicyclic) bond motifs is 3. The molecule has 2 aliphatic heterocycles. The lowest BCUT2D eigenvalue weighted by atomic mass is 10.0. The zero-order valence-corrected chi connectivity index (χ0v) is 29.4. The highest BCUT2D eigenvalue weighted by Gasteiger charge is 2.31. The molecule has 0 bridgehead atoms. The fraction of sp³-hybridized carbons (Fsp3) is 0.552. The van der Waals surface area contributed by atoms with Gasteiger partial charge in [-0.2, -0.15) is 10.2 Å². The van der Waals surface area contributed by atoms with Crippen molar-refractivity contribution in [3.8, 4) is 11.8 Å². The number of amides is 4. The predicted molar refractivity (Wildman–Crippen MR) is 176 cm³/mol. The van der Waals surface area contributed by atoms with Crippen LogP contribution >= 0.6 is 0 Å². The van der Waals surface area contributed by atoms with Gasteiger partial charge in [-0.05, 0) is 50.2 Å². The molecule has 1 aliphatic carbocycles. The lowest BCUT2D eigenvalue weighted by Crippen LogP contribution is -2.42. The van der Waals surface area contributed by atoms with Crippen molar-refractivity contribution in [2.75, 3.05) is 25.1 Å². The van der Waals surface area contributed by atoms with E-state index in [4.69, 9.17) is 15.2 Å². The van der Waals surface area contributed by atoms with Crippen LogP contribution in [0.4, 0.5) is 15.3 Å². The maximum atomic E-state index is 12.7. The van der Waals surface area contributed by atoms with Gasteiger partial charge in [0.1, 0.15) is 0 Å². The molecule has 0 spiro atoms. The van der Waals surface area contributed by atoms with Gasteiger partial charge < -0.3 is 25.8 Å². The van der Waals surface area contributed by atoms with Crippen molar-refractivity contribution in [2.24, 2.45) is 11.7 Å². The molecule has 0 fully saturated rings.